The Labute approximate surface area is 187 Å². The number of ether oxygens (including phenoxy) is 4. The second-order valence-electron chi connectivity index (χ2n) is 6.94. The third-order valence-electron chi connectivity index (χ3n) is 5.02. The molecule has 162 valence electrons. The van der Waals surface area contributed by atoms with Gasteiger partial charge in [0.05, 0.1) is 23.9 Å². The van der Waals surface area contributed by atoms with Crippen LogP contribution in [0.25, 0.3) is 0 Å². The summed E-state index contributed by atoms with van der Waals surface area (Å²) < 4.78 is 22.0. The first kappa shape index (κ1) is 21.2. The minimum absolute atomic E-state index is 0.106. The van der Waals surface area contributed by atoms with Crippen LogP contribution in [0.5, 0.6) is 11.5 Å². The molecule has 0 aliphatic carbocycles. The number of urea groups is 1. The molecule has 0 aromatic heterocycles. The molecule has 2 aromatic carbocycles. The summed E-state index contributed by atoms with van der Waals surface area (Å²) in [5.74, 6) is 0.621. The first-order chi connectivity index (χ1) is 15.0. The fourth-order valence-electron chi connectivity index (χ4n) is 3.57. The van der Waals surface area contributed by atoms with E-state index in [1.807, 2.05) is 24.3 Å². The summed E-state index contributed by atoms with van der Waals surface area (Å²) in [5.41, 5.74) is 2.11. The Bertz CT molecular complexity index is 1050. The smallest absolute Gasteiger partial charge is 0.338 e. The molecule has 0 radical (unpaired) electrons. The highest BCUT2D eigenvalue weighted by atomic mass is 79.9. The van der Waals surface area contributed by atoms with Crippen molar-refractivity contribution in [2.45, 2.75) is 13.0 Å². The van der Waals surface area contributed by atoms with E-state index < -0.39 is 12.0 Å². The third kappa shape index (κ3) is 4.24. The van der Waals surface area contributed by atoms with Crippen LogP contribution in [-0.2, 0) is 14.3 Å². The van der Waals surface area contributed by atoms with Gasteiger partial charge in [0.2, 0.25) is 6.79 Å². The van der Waals surface area contributed by atoms with E-state index in [1.165, 1.54) is 12.0 Å². The molecule has 2 aliphatic heterocycles. The van der Waals surface area contributed by atoms with Gasteiger partial charge >= 0.3 is 12.0 Å². The zero-order valence-electron chi connectivity index (χ0n) is 17.0. The number of nitrogens with zero attached hydrogens (tertiary/aromatic N) is 1. The van der Waals surface area contributed by atoms with E-state index in [2.05, 4.69) is 21.2 Å². The summed E-state index contributed by atoms with van der Waals surface area (Å²) in [4.78, 5) is 27.6. The molecule has 0 saturated heterocycles. The molecule has 1 atom stereocenters. The van der Waals surface area contributed by atoms with Gasteiger partial charge in [-0.1, -0.05) is 28.1 Å². The van der Waals surface area contributed by atoms with Crippen molar-refractivity contribution in [3.05, 3.63) is 63.8 Å². The number of nitrogens with one attached hydrogen (secondary N) is 1. The van der Waals surface area contributed by atoms with Crippen molar-refractivity contribution < 1.29 is 28.5 Å². The lowest BCUT2D eigenvalue weighted by Crippen LogP contribution is -2.48. The Morgan fingerprint density at radius 3 is 2.77 bits per heavy atom. The van der Waals surface area contributed by atoms with E-state index in [4.69, 9.17) is 18.9 Å². The standard InChI is InChI=1S/C22H21BrN2O6/c1-13-19(21(26)29-9-8-28-2)20(14-4-3-5-15(23)10-14)24-22(27)25(13)16-6-7-17-18(11-16)31-12-30-17/h3-7,10-11,20H,8-9,12H2,1-2H3,(H,24,27)/t20-/m0/s1. The number of carbonyl (C=O) groups excluding carboxylic acids is 2. The maximum Gasteiger partial charge on any atom is 0.338 e. The molecule has 1 N–H and O–H groups in total. The zero-order chi connectivity index (χ0) is 22.0. The second kappa shape index (κ2) is 8.99. The fourth-order valence-corrected chi connectivity index (χ4v) is 3.99. The Morgan fingerprint density at radius 2 is 2.00 bits per heavy atom. The summed E-state index contributed by atoms with van der Waals surface area (Å²) in [5, 5.41) is 2.93. The summed E-state index contributed by atoms with van der Waals surface area (Å²) in [7, 11) is 1.53. The Balaban J connectivity index is 1.77. The van der Waals surface area contributed by atoms with Gasteiger partial charge in [0.15, 0.2) is 11.5 Å². The predicted molar refractivity (Wildman–Crippen MR) is 116 cm³/mol. The van der Waals surface area contributed by atoms with Crippen LogP contribution in [-0.4, -0.2) is 39.1 Å². The number of halogens is 1. The van der Waals surface area contributed by atoms with Crippen LogP contribution in [0.2, 0.25) is 0 Å². The summed E-state index contributed by atoms with van der Waals surface area (Å²) >= 11 is 3.45. The van der Waals surface area contributed by atoms with E-state index in [1.54, 1.807) is 25.1 Å². The first-order valence-electron chi connectivity index (χ1n) is 9.62. The molecule has 2 aromatic rings. The normalized spacial score (nSPS) is 17.6. The fraction of sp³-hybridized carbons (Fsp3) is 0.273. The van der Waals surface area contributed by atoms with E-state index in [0.29, 0.717) is 28.5 Å². The van der Waals surface area contributed by atoms with E-state index in [-0.39, 0.29) is 26.0 Å². The van der Waals surface area contributed by atoms with Gasteiger partial charge in [-0.3, -0.25) is 4.90 Å². The maximum atomic E-state index is 13.1. The van der Waals surface area contributed by atoms with Gasteiger partial charge in [-0.15, -0.1) is 0 Å². The van der Waals surface area contributed by atoms with E-state index >= 15 is 0 Å². The highest BCUT2D eigenvalue weighted by Crippen LogP contribution is 2.39. The van der Waals surface area contributed by atoms with Crippen LogP contribution in [0.3, 0.4) is 0 Å². The number of carbonyl (C=O) groups is 2. The number of hydrogen-bond donors (Lipinski definition) is 1. The van der Waals surface area contributed by atoms with Gasteiger partial charge in [-0.05, 0) is 36.8 Å². The summed E-state index contributed by atoms with van der Waals surface area (Å²) in [6.07, 6.45) is 0. The van der Waals surface area contributed by atoms with Crippen molar-refractivity contribution in [2.75, 3.05) is 32.0 Å². The Hall–Kier alpha value is -3.04. The number of benzene rings is 2. The minimum Gasteiger partial charge on any atom is -0.460 e. The monoisotopic (exact) mass is 488 g/mol. The van der Waals surface area contributed by atoms with Crippen LogP contribution in [0.15, 0.2) is 58.2 Å². The SMILES string of the molecule is COCCOC(=O)C1=C(C)N(c2ccc3c(c2)OCO3)C(=O)N[C@H]1c1cccc(Br)c1. The van der Waals surface area contributed by atoms with Crippen molar-refractivity contribution >= 4 is 33.6 Å². The van der Waals surface area contributed by atoms with Crippen LogP contribution >= 0.6 is 15.9 Å². The Morgan fingerprint density at radius 1 is 1.19 bits per heavy atom. The lowest BCUT2D eigenvalue weighted by molar-refractivity contribution is -0.140. The molecule has 0 unspecified atom stereocenters. The first-order valence-corrected chi connectivity index (χ1v) is 10.4. The van der Waals surface area contributed by atoms with Gasteiger partial charge in [-0.25, -0.2) is 9.59 Å². The van der Waals surface area contributed by atoms with Crippen molar-refractivity contribution in [2.24, 2.45) is 0 Å². The minimum atomic E-state index is -0.662. The molecule has 0 spiro atoms. The molecule has 2 aliphatic rings. The average Bonchev–Trinajstić information content (AvgIpc) is 3.21. The second-order valence-corrected chi connectivity index (χ2v) is 7.85. The lowest BCUT2D eigenvalue weighted by atomic mass is 9.94. The van der Waals surface area contributed by atoms with Gasteiger partial charge in [0, 0.05) is 23.3 Å². The van der Waals surface area contributed by atoms with Crippen molar-refractivity contribution in [1.29, 1.82) is 0 Å². The van der Waals surface area contributed by atoms with Crippen LogP contribution in [0.1, 0.15) is 18.5 Å². The highest BCUT2D eigenvalue weighted by Gasteiger charge is 2.37. The van der Waals surface area contributed by atoms with Crippen molar-refractivity contribution in [3.63, 3.8) is 0 Å². The van der Waals surface area contributed by atoms with Gasteiger partial charge in [0.1, 0.15) is 6.61 Å². The largest absolute Gasteiger partial charge is 0.460 e. The number of methoxy groups -OCH3 is 1. The van der Waals surface area contributed by atoms with Gasteiger partial charge < -0.3 is 24.3 Å². The number of esters is 1. The van der Waals surface area contributed by atoms with Crippen LogP contribution < -0.4 is 19.7 Å². The van der Waals surface area contributed by atoms with E-state index in [0.717, 1.165) is 10.0 Å². The Kier molecular flexibility index (Phi) is 6.15. The topological polar surface area (TPSA) is 86.3 Å². The number of rotatable bonds is 6. The third-order valence-corrected chi connectivity index (χ3v) is 5.51. The predicted octanol–water partition coefficient (Wildman–Crippen LogP) is 3.91. The number of anilines is 1. The molecule has 2 heterocycles. The summed E-state index contributed by atoms with van der Waals surface area (Å²) in [6, 6.07) is 11.6. The summed E-state index contributed by atoms with van der Waals surface area (Å²) in [6.45, 7) is 2.23. The molecule has 0 bridgehead atoms. The van der Waals surface area contributed by atoms with Crippen LogP contribution in [0, 0.1) is 0 Å². The van der Waals surface area contributed by atoms with Crippen LogP contribution in [0.4, 0.5) is 10.5 Å². The zero-order valence-corrected chi connectivity index (χ0v) is 18.6. The quantitative estimate of drug-likeness (QED) is 0.489. The average molecular weight is 489 g/mol. The molecule has 0 saturated carbocycles. The molecular weight excluding hydrogens is 468 g/mol. The van der Waals surface area contributed by atoms with Gasteiger partial charge in [0.25, 0.3) is 0 Å². The molecule has 0 fully saturated rings. The lowest BCUT2D eigenvalue weighted by Gasteiger charge is -2.35. The number of hydrogen-bond acceptors (Lipinski definition) is 6. The molecular formula is C22H21BrN2O6. The number of allylic oxidation sites excluding steroid dienone is 1. The molecule has 8 nitrogen and oxygen atoms in total. The molecule has 4 rings (SSSR count). The van der Waals surface area contributed by atoms with E-state index in [9.17, 15) is 9.59 Å². The molecule has 9 heteroatoms. The number of amides is 2. The molecule has 2 amide bonds. The van der Waals surface area contributed by atoms with Crippen molar-refractivity contribution in [3.8, 4) is 11.5 Å². The highest BCUT2D eigenvalue weighted by molar-refractivity contribution is 9.10. The van der Waals surface area contributed by atoms with Crippen molar-refractivity contribution in [1.82, 2.24) is 5.32 Å². The number of fused-ring (bicyclic) bond motifs is 1. The maximum absolute atomic E-state index is 13.1. The molecule has 31 heavy (non-hydrogen) atoms. The van der Waals surface area contributed by atoms with Gasteiger partial charge in [-0.2, -0.15) is 0 Å².